The fraction of sp³-hybridized carbons (Fsp3) is 0.125. The zero-order valence-corrected chi connectivity index (χ0v) is 13.6. The van der Waals surface area contributed by atoms with Gasteiger partial charge < -0.3 is 0 Å². The highest BCUT2D eigenvalue weighted by molar-refractivity contribution is 8.04. The minimum atomic E-state index is -0.818. The molecule has 0 radical (unpaired) electrons. The second-order valence-corrected chi connectivity index (χ2v) is 6.88. The molecular weight excluding hydrogens is 340 g/mol. The normalized spacial score (nSPS) is 15.0. The number of thiophene rings is 1. The zero-order valence-electron chi connectivity index (χ0n) is 12.0. The van der Waals surface area contributed by atoms with Gasteiger partial charge >= 0.3 is 0 Å². The van der Waals surface area contributed by atoms with Gasteiger partial charge in [-0.2, -0.15) is 0 Å². The van der Waals surface area contributed by atoms with Crippen molar-refractivity contribution in [2.75, 3.05) is 10.7 Å². The summed E-state index contributed by atoms with van der Waals surface area (Å²) in [5.41, 5.74) is -0.110. The van der Waals surface area contributed by atoms with Gasteiger partial charge in [0.05, 0.1) is 16.2 Å². The third kappa shape index (κ3) is 2.70. The van der Waals surface area contributed by atoms with Crippen LogP contribution in [0.15, 0.2) is 40.6 Å². The minimum absolute atomic E-state index is 0.250. The van der Waals surface area contributed by atoms with E-state index in [1.165, 1.54) is 23.1 Å². The van der Waals surface area contributed by atoms with Gasteiger partial charge in [0.25, 0.3) is 11.8 Å². The molecular formula is C16H11F2NO2S2. The van der Waals surface area contributed by atoms with Crippen LogP contribution in [0.2, 0.25) is 0 Å². The number of carbonyl (C=O) groups is 2. The molecule has 0 bridgehead atoms. The first-order valence-electron chi connectivity index (χ1n) is 6.79. The molecule has 3 nitrogen and oxygen atoms in total. The summed E-state index contributed by atoms with van der Waals surface area (Å²) in [6, 6.07) is 6.20. The molecule has 23 heavy (non-hydrogen) atoms. The number of rotatable bonds is 4. The quantitative estimate of drug-likeness (QED) is 0.780. The van der Waals surface area contributed by atoms with Crippen molar-refractivity contribution in [2.24, 2.45) is 0 Å². The van der Waals surface area contributed by atoms with Crippen molar-refractivity contribution in [3.63, 3.8) is 0 Å². The molecule has 0 spiro atoms. The number of imide groups is 1. The van der Waals surface area contributed by atoms with E-state index in [1.54, 1.807) is 17.5 Å². The maximum atomic E-state index is 14.0. The molecule has 1 aliphatic rings. The Hall–Kier alpha value is -1.99. The molecule has 118 valence electrons. The average Bonchev–Trinajstić information content (AvgIpc) is 3.11. The van der Waals surface area contributed by atoms with Crippen molar-refractivity contribution < 1.29 is 18.4 Å². The first-order valence-corrected chi connectivity index (χ1v) is 8.66. The van der Waals surface area contributed by atoms with E-state index in [1.807, 2.05) is 6.92 Å². The number of anilines is 1. The number of thioether (sulfide) groups is 1. The number of hydrogen-bond acceptors (Lipinski definition) is 4. The fourth-order valence-corrected chi connectivity index (χ4v) is 3.98. The topological polar surface area (TPSA) is 37.4 Å². The zero-order chi connectivity index (χ0) is 16.6. The maximum absolute atomic E-state index is 14.0. The second-order valence-electron chi connectivity index (χ2n) is 4.66. The fourth-order valence-electron chi connectivity index (χ4n) is 2.30. The molecule has 1 aromatic heterocycles. The van der Waals surface area contributed by atoms with Gasteiger partial charge in [0.1, 0.15) is 11.6 Å². The van der Waals surface area contributed by atoms with Gasteiger partial charge in [-0.3, -0.25) is 9.59 Å². The highest BCUT2D eigenvalue weighted by Gasteiger charge is 2.41. The van der Waals surface area contributed by atoms with Gasteiger partial charge in [-0.1, -0.05) is 13.0 Å². The van der Waals surface area contributed by atoms with Crippen LogP contribution in [0.1, 0.15) is 11.8 Å². The van der Waals surface area contributed by atoms with Crippen LogP contribution in [0.25, 0.3) is 5.57 Å². The Morgan fingerprint density at radius 3 is 2.61 bits per heavy atom. The molecule has 1 aliphatic heterocycles. The standard InChI is InChI=1S/C16H11F2NO2S2/c1-2-22-14-13(12-4-3-7-23-12)15(20)19(16(14)21)11-8-9(17)5-6-10(11)18/h3-8H,2H2,1H3. The van der Waals surface area contributed by atoms with Crippen molar-refractivity contribution >= 4 is 46.2 Å². The van der Waals surface area contributed by atoms with Gasteiger partial charge in [0.2, 0.25) is 0 Å². The van der Waals surface area contributed by atoms with Gasteiger partial charge in [-0.05, 0) is 29.3 Å². The molecule has 0 unspecified atom stereocenters. The molecule has 0 saturated carbocycles. The van der Waals surface area contributed by atoms with E-state index in [-0.39, 0.29) is 16.2 Å². The van der Waals surface area contributed by atoms with Crippen molar-refractivity contribution in [1.29, 1.82) is 0 Å². The summed E-state index contributed by atoms with van der Waals surface area (Å²) in [6.07, 6.45) is 0. The van der Waals surface area contributed by atoms with Crippen LogP contribution >= 0.6 is 23.1 Å². The number of carbonyl (C=O) groups excluding carboxylic acids is 2. The van der Waals surface area contributed by atoms with Crippen LogP contribution < -0.4 is 4.90 Å². The lowest BCUT2D eigenvalue weighted by Crippen LogP contribution is -2.32. The SMILES string of the molecule is CCSC1=C(c2cccs2)C(=O)N(c2cc(F)ccc2F)C1=O. The first-order chi connectivity index (χ1) is 11.0. The van der Waals surface area contributed by atoms with Crippen LogP contribution in [0.4, 0.5) is 14.5 Å². The van der Waals surface area contributed by atoms with E-state index in [0.29, 0.717) is 15.5 Å². The summed E-state index contributed by atoms with van der Waals surface area (Å²) in [5, 5.41) is 1.79. The summed E-state index contributed by atoms with van der Waals surface area (Å²) in [5.74, 6) is -2.19. The number of nitrogens with zero attached hydrogens (tertiary/aromatic N) is 1. The molecule has 0 fully saturated rings. The van der Waals surface area contributed by atoms with Crippen LogP contribution in [-0.4, -0.2) is 17.6 Å². The Bertz CT molecular complexity index is 815. The molecule has 0 atom stereocenters. The molecule has 2 amide bonds. The van der Waals surface area contributed by atoms with E-state index in [0.717, 1.165) is 18.2 Å². The predicted octanol–water partition coefficient (Wildman–Crippen LogP) is 4.06. The highest BCUT2D eigenvalue weighted by Crippen LogP contribution is 2.40. The van der Waals surface area contributed by atoms with E-state index >= 15 is 0 Å². The van der Waals surface area contributed by atoms with Crippen LogP contribution in [0, 0.1) is 11.6 Å². The van der Waals surface area contributed by atoms with Crippen molar-refractivity contribution in [3.05, 3.63) is 57.1 Å². The largest absolute Gasteiger partial charge is 0.272 e. The lowest BCUT2D eigenvalue weighted by molar-refractivity contribution is -0.119. The minimum Gasteiger partial charge on any atom is -0.268 e. The molecule has 0 aliphatic carbocycles. The van der Waals surface area contributed by atoms with E-state index in [9.17, 15) is 18.4 Å². The summed E-state index contributed by atoms with van der Waals surface area (Å²) in [7, 11) is 0. The highest BCUT2D eigenvalue weighted by atomic mass is 32.2. The van der Waals surface area contributed by atoms with Gasteiger partial charge in [-0.25, -0.2) is 13.7 Å². The molecule has 1 aromatic carbocycles. The van der Waals surface area contributed by atoms with Gasteiger partial charge in [0, 0.05) is 10.9 Å². The third-order valence-electron chi connectivity index (χ3n) is 3.25. The van der Waals surface area contributed by atoms with E-state index in [2.05, 4.69) is 0 Å². The lowest BCUT2D eigenvalue weighted by atomic mass is 10.2. The molecule has 2 aromatic rings. The summed E-state index contributed by atoms with van der Waals surface area (Å²) in [6.45, 7) is 1.85. The Morgan fingerprint density at radius 2 is 1.96 bits per heavy atom. The molecule has 7 heteroatoms. The molecule has 2 heterocycles. The summed E-state index contributed by atoms with van der Waals surface area (Å²) >= 11 is 2.55. The van der Waals surface area contributed by atoms with Crippen LogP contribution in [0.3, 0.4) is 0 Å². The lowest BCUT2D eigenvalue weighted by Gasteiger charge is -2.15. The van der Waals surface area contributed by atoms with Crippen LogP contribution in [-0.2, 0) is 9.59 Å². The Balaban J connectivity index is 2.12. The van der Waals surface area contributed by atoms with Gasteiger partial charge in [0.15, 0.2) is 0 Å². The van der Waals surface area contributed by atoms with E-state index in [4.69, 9.17) is 0 Å². The predicted molar refractivity (Wildman–Crippen MR) is 88.2 cm³/mol. The monoisotopic (exact) mass is 351 g/mol. The van der Waals surface area contributed by atoms with E-state index < -0.39 is 23.4 Å². The summed E-state index contributed by atoms with van der Waals surface area (Å²) < 4.78 is 27.5. The first kappa shape index (κ1) is 15.9. The average molecular weight is 351 g/mol. The second kappa shape index (κ2) is 6.25. The number of amides is 2. The van der Waals surface area contributed by atoms with Crippen molar-refractivity contribution in [3.8, 4) is 0 Å². The van der Waals surface area contributed by atoms with Crippen molar-refractivity contribution in [1.82, 2.24) is 0 Å². The molecule has 0 saturated heterocycles. The molecule has 0 N–H and O–H groups in total. The number of halogens is 2. The van der Waals surface area contributed by atoms with Crippen molar-refractivity contribution in [2.45, 2.75) is 6.92 Å². The Labute approximate surface area is 139 Å². The third-order valence-corrected chi connectivity index (χ3v) is 5.09. The Morgan fingerprint density at radius 1 is 1.17 bits per heavy atom. The Kier molecular flexibility index (Phi) is 4.32. The number of benzene rings is 1. The summed E-state index contributed by atoms with van der Waals surface area (Å²) in [4.78, 5) is 27.0. The number of hydrogen-bond donors (Lipinski definition) is 0. The molecule has 3 rings (SSSR count). The van der Waals surface area contributed by atoms with Gasteiger partial charge in [-0.15, -0.1) is 23.1 Å². The van der Waals surface area contributed by atoms with Crippen LogP contribution in [0.5, 0.6) is 0 Å². The smallest absolute Gasteiger partial charge is 0.268 e. The maximum Gasteiger partial charge on any atom is 0.272 e.